The number of aromatic amines is 1. The Kier molecular flexibility index (Phi) is 8.07. The van der Waals surface area contributed by atoms with E-state index in [1.54, 1.807) is 0 Å². The van der Waals surface area contributed by atoms with Crippen LogP contribution in [0.2, 0.25) is 5.02 Å². The molecule has 4 rings (SSSR count). The lowest BCUT2D eigenvalue weighted by atomic mass is 10.2. The number of hydrogen-bond acceptors (Lipinski definition) is 7. The number of carbonyl (C=O) groups is 1. The number of aromatic nitrogens is 2. The van der Waals surface area contributed by atoms with E-state index < -0.39 is 39.2 Å². The Morgan fingerprint density at radius 1 is 1.30 bits per heavy atom. The second-order valence-electron chi connectivity index (χ2n) is 8.37. The summed E-state index contributed by atoms with van der Waals surface area (Å²) < 4.78 is 63.8. The molecule has 0 radical (unpaired) electrons. The Labute approximate surface area is 215 Å². The van der Waals surface area contributed by atoms with Crippen molar-refractivity contribution >= 4 is 38.4 Å². The van der Waals surface area contributed by atoms with Gasteiger partial charge in [-0.2, -0.15) is 4.31 Å². The van der Waals surface area contributed by atoms with Crippen LogP contribution in [0.5, 0.6) is 5.75 Å². The number of carbonyl (C=O) groups excluding carboxylic acids is 1. The summed E-state index contributed by atoms with van der Waals surface area (Å²) in [6, 6.07) is 6.28. The number of hydrogen-bond donors (Lipinski definition) is 2. The summed E-state index contributed by atoms with van der Waals surface area (Å²) in [5.74, 6) is -2.75. The van der Waals surface area contributed by atoms with Gasteiger partial charge in [-0.25, -0.2) is 22.2 Å². The fraction of sp³-hybridized carbons (Fsp3) is 0.348. The number of morpholine rings is 1. The topological polar surface area (TPSA) is 131 Å². The quantitative estimate of drug-likeness (QED) is 0.435. The van der Waals surface area contributed by atoms with Gasteiger partial charge in [0.1, 0.15) is 11.2 Å². The second kappa shape index (κ2) is 11.1. The van der Waals surface area contributed by atoms with Crippen molar-refractivity contribution in [2.75, 3.05) is 32.6 Å². The predicted octanol–water partition coefficient (Wildman–Crippen LogP) is 2.21. The molecule has 2 aromatic carbocycles. The Morgan fingerprint density at radius 2 is 2.05 bits per heavy atom. The molecule has 37 heavy (non-hydrogen) atoms. The van der Waals surface area contributed by atoms with Gasteiger partial charge < -0.3 is 19.8 Å². The molecule has 2 N–H and O–H groups in total. The van der Waals surface area contributed by atoms with Crippen molar-refractivity contribution in [2.45, 2.75) is 19.1 Å². The van der Waals surface area contributed by atoms with Crippen molar-refractivity contribution in [1.82, 2.24) is 19.6 Å². The van der Waals surface area contributed by atoms with Crippen molar-refractivity contribution in [3.05, 3.63) is 68.7 Å². The molecule has 1 aliphatic rings. The van der Waals surface area contributed by atoms with E-state index in [0.29, 0.717) is 5.56 Å². The highest BCUT2D eigenvalue weighted by atomic mass is 35.5. The maximum absolute atomic E-state index is 14.6. The van der Waals surface area contributed by atoms with Gasteiger partial charge in [0.05, 0.1) is 36.1 Å². The first-order valence-corrected chi connectivity index (χ1v) is 13.4. The summed E-state index contributed by atoms with van der Waals surface area (Å²) in [4.78, 5) is 31.8. The molecule has 3 aromatic rings. The molecule has 10 nitrogen and oxygen atoms in total. The summed E-state index contributed by atoms with van der Waals surface area (Å²) in [6.45, 7) is 0.565. The van der Waals surface area contributed by atoms with Gasteiger partial charge in [0.2, 0.25) is 10.0 Å². The van der Waals surface area contributed by atoms with Gasteiger partial charge in [-0.05, 0) is 29.8 Å². The van der Waals surface area contributed by atoms with E-state index in [4.69, 9.17) is 21.1 Å². The summed E-state index contributed by atoms with van der Waals surface area (Å²) in [5.41, 5.74) is -0.221. The van der Waals surface area contributed by atoms with Gasteiger partial charge >= 0.3 is 0 Å². The van der Waals surface area contributed by atoms with Crippen molar-refractivity contribution in [3.63, 3.8) is 0 Å². The minimum absolute atomic E-state index is 0.00163. The third-order valence-electron chi connectivity index (χ3n) is 5.69. The number of fused-ring (bicyclic) bond motifs is 1. The number of nitrogens with one attached hydrogen (secondary N) is 2. The van der Waals surface area contributed by atoms with Gasteiger partial charge in [-0.15, -0.1) is 0 Å². The summed E-state index contributed by atoms with van der Waals surface area (Å²) >= 11 is 5.74. The summed E-state index contributed by atoms with van der Waals surface area (Å²) in [7, 11) is -3.37. The highest BCUT2D eigenvalue weighted by molar-refractivity contribution is 7.88. The molecule has 1 aliphatic heterocycles. The molecule has 1 aromatic heterocycles. The van der Waals surface area contributed by atoms with Crippen LogP contribution in [-0.2, 0) is 21.3 Å². The molecule has 1 amide bonds. The molecule has 1 saturated heterocycles. The SMILES string of the molecule is CS(=O)(=O)N1CCOC(CCOc2c(F)ccc3nc(C(=O)NCc4ccc(F)c(Cl)c4)[nH]c(=O)c23)C1. The molecule has 1 unspecified atom stereocenters. The molecule has 2 heterocycles. The largest absolute Gasteiger partial charge is 0.489 e. The van der Waals surface area contributed by atoms with Crippen molar-refractivity contribution in [3.8, 4) is 5.75 Å². The first-order chi connectivity index (χ1) is 17.5. The van der Waals surface area contributed by atoms with E-state index >= 15 is 0 Å². The van der Waals surface area contributed by atoms with E-state index in [1.165, 1.54) is 22.5 Å². The van der Waals surface area contributed by atoms with E-state index in [-0.39, 0.29) is 66.8 Å². The average molecular weight is 557 g/mol. The Balaban J connectivity index is 1.46. The maximum Gasteiger partial charge on any atom is 0.287 e. The molecule has 1 fully saturated rings. The zero-order valence-electron chi connectivity index (χ0n) is 19.6. The number of amides is 1. The van der Waals surface area contributed by atoms with Crippen molar-refractivity contribution < 1.29 is 31.5 Å². The first kappa shape index (κ1) is 26.9. The summed E-state index contributed by atoms with van der Waals surface area (Å²) in [6.07, 6.45) is 0.911. The normalized spacial score (nSPS) is 16.6. The van der Waals surface area contributed by atoms with Gasteiger partial charge in [-0.3, -0.25) is 9.59 Å². The van der Waals surface area contributed by atoms with E-state index in [1.807, 2.05) is 0 Å². The molecule has 198 valence electrons. The van der Waals surface area contributed by atoms with Gasteiger partial charge in [0.25, 0.3) is 11.5 Å². The standard InChI is InChI=1S/C23H23ClF2N4O6S/c1-37(33,34)30-7-9-35-14(12-30)6-8-36-20-17(26)4-5-18-19(20)22(31)29-21(28-18)23(32)27-11-13-2-3-16(25)15(24)10-13/h2-5,10,14H,6-9,11-12H2,1H3,(H,27,32)(H,28,29,31). The van der Waals surface area contributed by atoms with Gasteiger partial charge in [0.15, 0.2) is 17.4 Å². The zero-order chi connectivity index (χ0) is 26.7. The van der Waals surface area contributed by atoms with Crippen LogP contribution in [0.4, 0.5) is 8.78 Å². The molecular formula is C23H23ClF2N4O6S. The Bertz CT molecular complexity index is 1500. The number of benzene rings is 2. The third-order valence-corrected chi connectivity index (χ3v) is 7.25. The van der Waals surface area contributed by atoms with E-state index in [0.717, 1.165) is 18.4 Å². The van der Waals surface area contributed by atoms with Crippen LogP contribution < -0.4 is 15.6 Å². The first-order valence-electron chi connectivity index (χ1n) is 11.2. The number of sulfonamides is 1. The van der Waals surface area contributed by atoms with Crippen LogP contribution in [0.25, 0.3) is 10.9 Å². The van der Waals surface area contributed by atoms with Crippen LogP contribution in [0.15, 0.2) is 35.1 Å². The Hall–Kier alpha value is -3.13. The maximum atomic E-state index is 14.6. The fourth-order valence-corrected chi connectivity index (χ4v) is 4.85. The lowest BCUT2D eigenvalue weighted by Crippen LogP contribution is -2.45. The molecule has 14 heteroatoms. The van der Waals surface area contributed by atoms with Gasteiger partial charge in [0, 0.05) is 26.1 Å². The second-order valence-corrected chi connectivity index (χ2v) is 10.8. The number of ether oxygens (including phenoxy) is 2. The van der Waals surface area contributed by atoms with Gasteiger partial charge in [-0.1, -0.05) is 17.7 Å². The summed E-state index contributed by atoms with van der Waals surface area (Å²) in [5, 5.41) is 2.27. The number of nitrogens with zero attached hydrogens (tertiary/aromatic N) is 2. The van der Waals surface area contributed by atoms with Crippen molar-refractivity contribution in [1.29, 1.82) is 0 Å². The molecule has 0 aliphatic carbocycles. The highest BCUT2D eigenvalue weighted by Gasteiger charge is 2.26. The van der Waals surface area contributed by atoms with Crippen LogP contribution in [0.3, 0.4) is 0 Å². The van der Waals surface area contributed by atoms with Crippen LogP contribution >= 0.6 is 11.6 Å². The third kappa shape index (κ3) is 6.42. The number of H-pyrrole nitrogens is 1. The highest BCUT2D eigenvalue weighted by Crippen LogP contribution is 2.26. The predicted molar refractivity (Wildman–Crippen MR) is 131 cm³/mol. The average Bonchev–Trinajstić information content (AvgIpc) is 2.85. The molecule has 1 atom stereocenters. The zero-order valence-corrected chi connectivity index (χ0v) is 21.2. The van der Waals surface area contributed by atoms with Crippen LogP contribution in [-0.4, -0.2) is 67.3 Å². The molecular weight excluding hydrogens is 534 g/mol. The lowest BCUT2D eigenvalue weighted by Gasteiger charge is -2.31. The smallest absolute Gasteiger partial charge is 0.287 e. The van der Waals surface area contributed by atoms with Crippen molar-refractivity contribution in [2.24, 2.45) is 0 Å². The minimum atomic E-state index is -3.37. The minimum Gasteiger partial charge on any atom is -0.489 e. The molecule has 0 bridgehead atoms. The molecule has 0 saturated carbocycles. The number of rotatable bonds is 8. The monoisotopic (exact) mass is 556 g/mol. The van der Waals surface area contributed by atoms with E-state index in [9.17, 15) is 26.8 Å². The van der Waals surface area contributed by atoms with Crippen LogP contribution in [0.1, 0.15) is 22.6 Å². The van der Waals surface area contributed by atoms with Crippen LogP contribution in [0, 0.1) is 11.6 Å². The fourth-order valence-electron chi connectivity index (χ4n) is 3.80. The van der Waals surface area contributed by atoms with E-state index in [2.05, 4.69) is 15.3 Å². The molecule has 0 spiro atoms. The Morgan fingerprint density at radius 3 is 2.78 bits per heavy atom. The lowest BCUT2D eigenvalue weighted by molar-refractivity contribution is -0.0115. The number of halogens is 3.